The highest BCUT2D eigenvalue weighted by Gasteiger charge is 2.12. The molecule has 2 heterocycles. The summed E-state index contributed by atoms with van der Waals surface area (Å²) in [5.41, 5.74) is 2.40. The molecule has 6 nitrogen and oxygen atoms in total. The van der Waals surface area contributed by atoms with Crippen molar-refractivity contribution in [2.75, 3.05) is 12.4 Å². The lowest BCUT2D eigenvalue weighted by atomic mass is 10.2. The van der Waals surface area contributed by atoms with Gasteiger partial charge in [-0.1, -0.05) is 0 Å². The third-order valence-electron chi connectivity index (χ3n) is 2.96. The van der Waals surface area contributed by atoms with Crippen LogP contribution in [0, 0.1) is 6.92 Å². The summed E-state index contributed by atoms with van der Waals surface area (Å²) in [6.07, 6.45) is 1.64. The minimum Gasteiger partial charge on any atom is -0.323 e. The average Bonchev–Trinajstić information content (AvgIpc) is 2.63. The Bertz CT molecular complexity index is 589. The van der Waals surface area contributed by atoms with Crippen molar-refractivity contribution in [1.82, 2.24) is 20.1 Å². The lowest BCUT2D eigenvalue weighted by Gasteiger charge is -2.10. The number of amides is 1. The second-order valence-electron chi connectivity index (χ2n) is 4.30. The Morgan fingerprint density at radius 3 is 2.89 bits per heavy atom. The zero-order chi connectivity index (χ0) is 13.3. The highest BCUT2D eigenvalue weighted by Crippen LogP contribution is 2.19. The first kappa shape index (κ1) is 12.5. The van der Waals surface area contributed by atoms with Gasteiger partial charge in [0.1, 0.15) is 0 Å². The highest BCUT2D eigenvalue weighted by molar-refractivity contribution is 5.96. The van der Waals surface area contributed by atoms with Crippen molar-refractivity contribution in [3.63, 3.8) is 0 Å². The van der Waals surface area contributed by atoms with Crippen molar-refractivity contribution in [2.24, 2.45) is 7.05 Å². The van der Waals surface area contributed by atoms with Gasteiger partial charge in [0, 0.05) is 12.4 Å². The van der Waals surface area contributed by atoms with Gasteiger partial charge in [0.05, 0.1) is 23.6 Å². The Kier molecular flexibility index (Phi) is 3.29. The van der Waals surface area contributed by atoms with E-state index < -0.39 is 0 Å². The molecule has 6 heteroatoms. The van der Waals surface area contributed by atoms with E-state index in [0.29, 0.717) is 5.69 Å². The van der Waals surface area contributed by atoms with Crippen molar-refractivity contribution >= 4 is 22.6 Å². The Morgan fingerprint density at radius 1 is 1.50 bits per heavy atom. The number of likely N-dealkylation sites (N-methyl/N-ethyl adjacent to an activating group) is 1. The van der Waals surface area contributed by atoms with Gasteiger partial charge in [-0.05, 0) is 27.0 Å². The van der Waals surface area contributed by atoms with Crippen LogP contribution in [0.2, 0.25) is 0 Å². The zero-order valence-electron chi connectivity index (χ0n) is 11.0. The van der Waals surface area contributed by atoms with Crippen LogP contribution in [-0.4, -0.2) is 33.8 Å². The zero-order valence-corrected chi connectivity index (χ0v) is 11.0. The molecule has 0 aliphatic rings. The topological polar surface area (TPSA) is 71.8 Å². The molecule has 0 aliphatic carbocycles. The molecule has 0 bridgehead atoms. The number of hydrogen-bond donors (Lipinski definition) is 2. The number of anilines is 1. The number of aromatic nitrogens is 3. The minimum atomic E-state index is -0.240. The number of hydrogen-bond acceptors (Lipinski definition) is 4. The fourth-order valence-corrected chi connectivity index (χ4v) is 1.76. The van der Waals surface area contributed by atoms with Gasteiger partial charge >= 0.3 is 0 Å². The SMILES string of the molecule is CNC(C)C(=O)Nc1cnc2c(c1)c(C)nn2C. The van der Waals surface area contributed by atoms with E-state index in [-0.39, 0.29) is 11.9 Å². The highest BCUT2D eigenvalue weighted by atomic mass is 16.2. The Morgan fingerprint density at radius 2 is 2.22 bits per heavy atom. The molecule has 1 unspecified atom stereocenters. The molecule has 1 atom stereocenters. The number of pyridine rings is 1. The first-order valence-electron chi connectivity index (χ1n) is 5.80. The second kappa shape index (κ2) is 4.73. The normalized spacial score (nSPS) is 12.7. The predicted octanol–water partition coefficient (Wildman–Crippen LogP) is 0.823. The van der Waals surface area contributed by atoms with Crippen molar-refractivity contribution in [3.8, 4) is 0 Å². The molecule has 2 aromatic rings. The van der Waals surface area contributed by atoms with Crippen molar-refractivity contribution in [1.29, 1.82) is 0 Å². The molecule has 0 aromatic carbocycles. The van der Waals surface area contributed by atoms with Gasteiger partial charge in [-0.15, -0.1) is 0 Å². The summed E-state index contributed by atoms with van der Waals surface area (Å²) in [6, 6.07) is 1.65. The molecule has 0 saturated heterocycles. The molecule has 0 saturated carbocycles. The van der Waals surface area contributed by atoms with Crippen LogP contribution in [0.25, 0.3) is 11.0 Å². The van der Waals surface area contributed by atoms with Crippen LogP contribution >= 0.6 is 0 Å². The maximum atomic E-state index is 11.7. The van der Waals surface area contributed by atoms with E-state index >= 15 is 0 Å². The van der Waals surface area contributed by atoms with Crippen molar-refractivity contribution in [3.05, 3.63) is 18.0 Å². The number of fused-ring (bicyclic) bond motifs is 1. The fraction of sp³-hybridized carbons (Fsp3) is 0.417. The number of aryl methyl sites for hydroxylation is 2. The number of carbonyl (C=O) groups is 1. The van der Waals surface area contributed by atoms with Gasteiger partial charge in [-0.2, -0.15) is 5.10 Å². The summed E-state index contributed by atoms with van der Waals surface area (Å²) >= 11 is 0. The van der Waals surface area contributed by atoms with Gasteiger partial charge < -0.3 is 10.6 Å². The molecule has 18 heavy (non-hydrogen) atoms. The first-order valence-corrected chi connectivity index (χ1v) is 5.80. The number of rotatable bonds is 3. The third-order valence-corrected chi connectivity index (χ3v) is 2.96. The van der Waals surface area contributed by atoms with Crippen LogP contribution < -0.4 is 10.6 Å². The Balaban J connectivity index is 2.30. The maximum Gasteiger partial charge on any atom is 0.241 e. The van der Waals surface area contributed by atoms with Gasteiger partial charge in [0.25, 0.3) is 0 Å². The molecule has 0 spiro atoms. The van der Waals surface area contributed by atoms with Crippen LogP contribution in [0.15, 0.2) is 12.3 Å². The van der Waals surface area contributed by atoms with Gasteiger partial charge in [-0.3, -0.25) is 9.48 Å². The Hall–Kier alpha value is -1.95. The summed E-state index contributed by atoms with van der Waals surface area (Å²) in [7, 11) is 3.60. The maximum absolute atomic E-state index is 11.7. The monoisotopic (exact) mass is 247 g/mol. The lowest BCUT2D eigenvalue weighted by molar-refractivity contribution is -0.117. The Labute approximate surface area is 105 Å². The van der Waals surface area contributed by atoms with Crippen LogP contribution in [0.5, 0.6) is 0 Å². The van der Waals surface area contributed by atoms with Gasteiger partial charge in [0.15, 0.2) is 5.65 Å². The first-order chi connectivity index (χ1) is 8.52. The molecular formula is C12H17N5O. The van der Waals surface area contributed by atoms with E-state index in [1.54, 1.807) is 24.9 Å². The van der Waals surface area contributed by atoms with Crippen LogP contribution in [-0.2, 0) is 11.8 Å². The smallest absolute Gasteiger partial charge is 0.241 e. The van der Waals surface area contributed by atoms with E-state index in [2.05, 4.69) is 20.7 Å². The summed E-state index contributed by atoms with van der Waals surface area (Å²) in [5, 5.41) is 11.0. The van der Waals surface area contributed by atoms with Gasteiger partial charge in [-0.25, -0.2) is 4.98 Å². The standard InChI is InChI=1S/C12H17N5O/c1-7-10-5-9(15-12(18)8(2)13-3)6-14-11(10)17(4)16-7/h5-6,8,13H,1-4H3,(H,15,18). The largest absolute Gasteiger partial charge is 0.323 e. The molecular weight excluding hydrogens is 230 g/mol. The van der Waals surface area contributed by atoms with Crippen LogP contribution in [0.1, 0.15) is 12.6 Å². The van der Waals surface area contributed by atoms with Crippen molar-refractivity contribution < 1.29 is 4.79 Å². The fourth-order valence-electron chi connectivity index (χ4n) is 1.76. The molecule has 0 fully saturated rings. The van der Waals surface area contributed by atoms with E-state index in [1.807, 2.05) is 20.0 Å². The van der Waals surface area contributed by atoms with E-state index in [4.69, 9.17) is 0 Å². The molecule has 0 radical (unpaired) electrons. The summed E-state index contributed by atoms with van der Waals surface area (Å²) in [4.78, 5) is 16.1. The number of carbonyl (C=O) groups excluding carboxylic acids is 1. The molecule has 2 aromatic heterocycles. The molecule has 2 rings (SSSR count). The molecule has 2 N–H and O–H groups in total. The molecule has 0 aliphatic heterocycles. The molecule has 1 amide bonds. The van der Waals surface area contributed by atoms with E-state index in [9.17, 15) is 4.79 Å². The van der Waals surface area contributed by atoms with Crippen LogP contribution in [0.3, 0.4) is 0 Å². The third kappa shape index (κ3) is 2.19. The van der Waals surface area contributed by atoms with Crippen LogP contribution in [0.4, 0.5) is 5.69 Å². The van der Waals surface area contributed by atoms with E-state index in [1.165, 1.54) is 0 Å². The summed E-state index contributed by atoms with van der Waals surface area (Å²) in [5.74, 6) is -0.0832. The number of nitrogens with zero attached hydrogens (tertiary/aromatic N) is 3. The summed E-state index contributed by atoms with van der Waals surface area (Å²) < 4.78 is 1.73. The molecule has 96 valence electrons. The van der Waals surface area contributed by atoms with E-state index in [0.717, 1.165) is 16.7 Å². The summed E-state index contributed by atoms with van der Waals surface area (Å²) in [6.45, 7) is 3.72. The second-order valence-corrected chi connectivity index (χ2v) is 4.30. The lowest BCUT2D eigenvalue weighted by Crippen LogP contribution is -2.35. The minimum absolute atomic E-state index is 0.0832. The number of nitrogens with one attached hydrogen (secondary N) is 2. The van der Waals surface area contributed by atoms with Gasteiger partial charge in [0.2, 0.25) is 5.91 Å². The predicted molar refractivity (Wildman–Crippen MR) is 70.4 cm³/mol. The quantitative estimate of drug-likeness (QED) is 0.842. The van der Waals surface area contributed by atoms with Crippen molar-refractivity contribution in [2.45, 2.75) is 19.9 Å². The average molecular weight is 247 g/mol.